The Hall–Kier alpha value is -1.41. The Kier molecular flexibility index (Phi) is 4.25. The zero-order valence-electron chi connectivity index (χ0n) is 7.96. The van der Waals surface area contributed by atoms with Crippen LogP contribution in [0.3, 0.4) is 0 Å². The molecular weight excluding hydrogens is 215 g/mol. The molecule has 0 radical (unpaired) electrons. The summed E-state index contributed by atoms with van der Waals surface area (Å²) in [7, 11) is -1.13. The molecule has 0 aliphatic heterocycles. The summed E-state index contributed by atoms with van der Waals surface area (Å²) in [5.41, 5.74) is 0. The Balaban J connectivity index is 2.81. The lowest BCUT2D eigenvalue weighted by atomic mass is 10.4. The zero-order chi connectivity index (χ0) is 11.3. The van der Waals surface area contributed by atoms with Crippen LogP contribution in [0.15, 0.2) is 30.3 Å². The first-order valence-electron chi connectivity index (χ1n) is 4.33. The second kappa shape index (κ2) is 5.47. The summed E-state index contributed by atoms with van der Waals surface area (Å²) in [4.78, 5) is 21.2. The molecule has 0 aliphatic rings. The van der Waals surface area contributed by atoms with Gasteiger partial charge in [-0.05, 0) is 5.30 Å². The van der Waals surface area contributed by atoms with Crippen LogP contribution in [0.25, 0.3) is 0 Å². The average molecular weight is 226 g/mol. The fourth-order valence-electron chi connectivity index (χ4n) is 1.20. The molecule has 0 amide bonds. The number of hydrogen-bond acceptors (Lipinski definition) is 2. The zero-order valence-corrected chi connectivity index (χ0v) is 8.85. The monoisotopic (exact) mass is 226 g/mol. The van der Waals surface area contributed by atoms with Crippen LogP contribution in [0.2, 0.25) is 0 Å². The highest BCUT2D eigenvalue weighted by atomic mass is 31.1. The van der Waals surface area contributed by atoms with E-state index in [9.17, 15) is 9.59 Å². The molecule has 15 heavy (non-hydrogen) atoms. The van der Waals surface area contributed by atoms with Crippen molar-refractivity contribution in [2.45, 2.75) is 0 Å². The van der Waals surface area contributed by atoms with E-state index in [0.717, 1.165) is 5.30 Å². The Morgan fingerprint density at radius 1 is 1.00 bits per heavy atom. The van der Waals surface area contributed by atoms with Gasteiger partial charge in [-0.3, -0.25) is 9.59 Å². The van der Waals surface area contributed by atoms with E-state index >= 15 is 0 Å². The predicted molar refractivity (Wildman–Crippen MR) is 58.0 cm³/mol. The molecule has 0 heterocycles. The topological polar surface area (TPSA) is 74.6 Å². The highest BCUT2D eigenvalue weighted by Crippen LogP contribution is 2.33. The summed E-state index contributed by atoms with van der Waals surface area (Å²) in [5.74, 6) is -1.91. The second-order valence-corrected chi connectivity index (χ2v) is 5.21. The Bertz CT molecular complexity index is 334. The van der Waals surface area contributed by atoms with Gasteiger partial charge in [0, 0.05) is 0 Å². The first-order valence-corrected chi connectivity index (χ1v) is 6.04. The summed E-state index contributed by atoms with van der Waals surface area (Å²) in [6, 6.07) is 8.94. The maximum atomic E-state index is 10.6. The lowest BCUT2D eigenvalue weighted by molar-refractivity contribution is -0.134. The quantitative estimate of drug-likeness (QED) is 0.733. The van der Waals surface area contributed by atoms with E-state index in [1.54, 1.807) is 24.3 Å². The number of aliphatic carboxylic acids is 2. The number of carbonyl (C=O) groups is 2. The Morgan fingerprint density at radius 3 is 1.87 bits per heavy atom. The lowest BCUT2D eigenvalue weighted by Gasteiger charge is -2.12. The second-order valence-electron chi connectivity index (χ2n) is 2.98. The van der Waals surface area contributed by atoms with Gasteiger partial charge in [0.2, 0.25) is 0 Å². The van der Waals surface area contributed by atoms with E-state index in [-0.39, 0.29) is 12.3 Å². The number of benzene rings is 1. The number of rotatable bonds is 5. The van der Waals surface area contributed by atoms with Gasteiger partial charge in [-0.25, -0.2) is 0 Å². The molecule has 0 saturated carbocycles. The van der Waals surface area contributed by atoms with Gasteiger partial charge in [0.05, 0.1) is 12.3 Å². The maximum absolute atomic E-state index is 10.6. The van der Waals surface area contributed by atoms with Gasteiger partial charge in [0.1, 0.15) is 0 Å². The number of carboxylic acid groups (broad SMARTS) is 2. The third kappa shape index (κ3) is 4.09. The van der Waals surface area contributed by atoms with Crippen LogP contribution >= 0.6 is 7.92 Å². The summed E-state index contributed by atoms with van der Waals surface area (Å²) < 4.78 is 0. The molecule has 0 fully saturated rings. The average Bonchev–Trinajstić information content (AvgIpc) is 2.17. The molecule has 0 spiro atoms. The first-order chi connectivity index (χ1) is 7.09. The standard InChI is InChI=1S/C10H11O4P/c11-9(12)6-15(7-10(13)14)8-4-2-1-3-5-8/h1-5H,6-7H2,(H,11,12)(H,13,14). The van der Waals surface area contributed by atoms with Crippen LogP contribution in [0.1, 0.15) is 0 Å². The van der Waals surface area contributed by atoms with Crippen LogP contribution in [0, 0.1) is 0 Å². The molecule has 0 saturated heterocycles. The molecule has 0 bridgehead atoms. The molecule has 0 unspecified atom stereocenters. The third-order valence-electron chi connectivity index (χ3n) is 1.77. The lowest BCUT2D eigenvalue weighted by Crippen LogP contribution is -2.15. The molecule has 4 nitrogen and oxygen atoms in total. The van der Waals surface area contributed by atoms with E-state index in [4.69, 9.17) is 10.2 Å². The van der Waals surface area contributed by atoms with Crippen molar-refractivity contribution in [1.29, 1.82) is 0 Å². The summed E-state index contributed by atoms with van der Waals surface area (Å²) in [6.07, 6.45) is -0.183. The molecule has 1 aromatic rings. The van der Waals surface area contributed by atoms with Gasteiger partial charge >= 0.3 is 11.9 Å². The molecule has 0 aliphatic carbocycles. The van der Waals surface area contributed by atoms with Crippen molar-refractivity contribution in [3.8, 4) is 0 Å². The molecule has 5 heteroatoms. The number of hydrogen-bond donors (Lipinski definition) is 2. The fraction of sp³-hybridized carbons (Fsp3) is 0.200. The van der Waals surface area contributed by atoms with Crippen molar-refractivity contribution < 1.29 is 19.8 Å². The van der Waals surface area contributed by atoms with Crippen molar-refractivity contribution in [1.82, 2.24) is 0 Å². The van der Waals surface area contributed by atoms with Gasteiger partial charge in [-0.15, -0.1) is 0 Å². The smallest absolute Gasteiger partial charge is 0.308 e. The molecule has 0 aromatic heterocycles. The van der Waals surface area contributed by atoms with Crippen LogP contribution in [-0.2, 0) is 9.59 Å². The van der Waals surface area contributed by atoms with Crippen molar-refractivity contribution in [3.05, 3.63) is 30.3 Å². The van der Waals surface area contributed by atoms with Gasteiger partial charge in [-0.1, -0.05) is 38.3 Å². The first kappa shape index (κ1) is 11.7. The maximum Gasteiger partial charge on any atom is 0.308 e. The van der Waals surface area contributed by atoms with E-state index < -0.39 is 19.9 Å². The predicted octanol–water partition coefficient (Wildman–Crippen LogP) is 0.963. The summed E-state index contributed by atoms with van der Waals surface area (Å²) in [6.45, 7) is 0. The Labute approximate surface area is 88.3 Å². The van der Waals surface area contributed by atoms with Gasteiger partial charge < -0.3 is 10.2 Å². The SMILES string of the molecule is O=C(O)CP(CC(=O)O)c1ccccc1. The van der Waals surface area contributed by atoms with Crippen molar-refractivity contribution >= 4 is 25.2 Å². The molecule has 80 valence electrons. The minimum atomic E-state index is -1.13. The van der Waals surface area contributed by atoms with Crippen molar-refractivity contribution in [3.63, 3.8) is 0 Å². The Morgan fingerprint density at radius 2 is 1.47 bits per heavy atom. The molecule has 2 N–H and O–H groups in total. The van der Waals surface area contributed by atoms with E-state index in [2.05, 4.69) is 0 Å². The minimum absolute atomic E-state index is 0.0916. The van der Waals surface area contributed by atoms with E-state index in [0.29, 0.717) is 0 Å². The highest BCUT2D eigenvalue weighted by molar-refractivity contribution is 7.67. The largest absolute Gasteiger partial charge is 0.481 e. The molecular formula is C10H11O4P. The van der Waals surface area contributed by atoms with Crippen LogP contribution in [0.4, 0.5) is 0 Å². The van der Waals surface area contributed by atoms with Gasteiger partial charge in [-0.2, -0.15) is 0 Å². The minimum Gasteiger partial charge on any atom is -0.481 e. The normalized spacial score (nSPS) is 10.2. The molecule has 0 atom stereocenters. The van der Waals surface area contributed by atoms with Crippen molar-refractivity contribution in [2.24, 2.45) is 0 Å². The van der Waals surface area contributed by atoms with Gasteiger partial charge in [0.25, 0.3) is 0 Å². The van der Waals surface area contributed by atoms with Crippen LogP contribution in [-0.4, -0.2) is 34.5 Å². The summed E-state index contributed by atoms with van der Waals surface area (Å²) >= 11 is 0. The van der Waals surface area contributed by atoms with Crippen molar-refractivity contribution in [2.75, 3.05) is 12.3 Å². The number of carboxylic acids is 2. The molecule has 1 aromatic carbocycles. The fourth-order valence-corrected chi connectivity index (χ4v) is 2.93. The van der Waals surface area contributed by atoms with E-state index in [1.807, 2.05) is 6.07 Å². The highest BCUT2D eigenvalue weighted by Gasteiger charge is 2.17. The third-order valence-corrected chi connectivity index (χ3v) is 4.11. The van der Waals surface area contributed by atoms with E-state index in [1.165, 1.54) is 0 Å². The van der Waals surface area contributed by atoms with Gasteiger partial charge in [0.15, 0.2) is 0 Å². The van der Waals surface area contributed by atoms with Crippen LogP contribution in [0.5, 0.6) is 0 Å². The van der Waals surface area contributed by atoms with Crippen LogP contribution < -0.4 is 5.30 Å². The summed E-state index contributed by atoms with van der Waals surface area (Å²) in [5, 5.41) is 18.2. The molecule has 1 rings (SSSR count).